The molecule has 0 bridgehead atoms. The molecule has 4 aromatic rings. The Labute approximate surface area is 157 Å². The predicted octanol–water partition coefficient (Wildman–Crippen LogP) is 4.47. The summed E-state index contributed by atoms with van der Waals surface area (Å²) in [7, 11) is 0. The lowest BCUT2D eigenvalue weighted by atomic mass is 10.1. The molecule has 2 aromatic carbocycles. The molecule has 26 heavy (non-hydrogen) atoms. The maximum absolute atomic E-state index is 12.5. The lowest BCUT2D eigenvalue weighted by Crippen LogP contribution is -2.26. The fraction of sp³-hybridized carbons (Fsp3) is 0.105. The van der Waals surface area contributed by atoms with Gasteiger partial charge in [0.2, 0.25) is 0 Å². The number of nitrogens with one attached hydrogen (secondary N) is 2. The van der Waals surface area contributed by atoms with Crippen molar-refractivity contribution in [2.45, 2.75) is 13.0 Å². The number of amides is 1. The minimum atomic E-state index is -0.278. The number of carbonyl (C=O) groups is 1. The second-order valence-electron chi connectivity index (χ2n) is 6.00. The van der Waals surface area contributed by atoms with Gasteiger partial charge in [-0.25, -0.2) is 0 Å². The monoisotopic (exact) mass is 410 g/mol. The van der Waals surface area contributed by atoms with Crippen molar-refractivity contribution in [1.29, 1.82) is 0 Å². The van der Waals surface area contributed by atoms with Crippen LogP contribution in [0.5, 0.6) is 0 Å². The van der Waals surface area contributed by atoms with Crippen molar-refractivity contribution in [2.24, 2.45) is 0 Å². The summed E-state index contributed by atoms with van der Waals surface area (Å²) >= 11 is 3.40. The third kappa shape index (κ3) is 3.25. The number of H-pyrrole nitrogens is 1. The molecule has 7 heteroatoms. The molecule has 2 aromatic heterocycles. The van der Waals surface area contributed by atoms with E-state index >= 15 is 0 Å². The molecule has 6 nitrogen and oxygen atoms in total. The topological polar surface area (TPSA) is 83.8 Å². The molecule has 0 spiro atoms. The first kappa shape index (κ1) is 16.5. The number of hydrogen-bond donors (Lipinski definition) is 2. The van der Waals surface area contributed by atoms with Gasteiger partial charge < -0.3 is 9.84 Å². The molecule has 4 rings (SSSR count). The SMILES string of the molecule is CC(NC(=O)c1cc(-c2ccc3[nH]ncc3c2)on1)c1ccc(Br)cc1. The summed E-state index contributed by atoms with van der Waals surface area (Å²) in [5.41, 5.74) is 3.04. The Morgan fingerprint density at radius 2 is 2.00 bits per heavy atom. The first-order valence-corrected chi connectivity index (χ1v) is 8.86. The Hall–Kier alpha value is -2.93. The Morgan fingerprint density at radius 1 is 1.19 bits per heavy atom. The summed E-state index contributed by atoms with van der Waals surface area (Å²) < 4.78 is 6.35. The van der Waals surface area contributed by atoms with Gasteiger partial charge in [0.15, 0.2) is 11.5 Å². The van der Waals surface area contributed by atoms with Crippen molar-refractivity contribution in [3.05, 3.63) is 70.5 Å². The highest BCUT2D eigenvalue weighted by molar-refractivity contribution is 9.10. The first-order chi connectivity index (χ1) is 12.6. The molecule has 130 valence electrons. The lowest BCUT2D eigenvalue weighted by molar-refractivity contribution is 0.0931. The van der Waals surface area contributed by atoms with Crippen LogP contribution in [-0.4, -0.2) is 21.3 Å². The predicted molar refractivity (Wildman–Crippen MR) is 102 cm³/mol. The zero-order valence-electron chi connectivity index (χ0n) is 13.9. The van der Waals surface area contributed by atoms with Crippen molar-refractivity contribution >= 4 is 32.7 Å². The van der Waals surface area contributed by atoms with Crippen LogP contribution in [0.4, 0.5) is 0 Å². The van der Waals surface area contributed by atoms with Gasteiger partial charge in [0, 0.05) is 21.5 Å². The third-order valence-corrected chi connectivity index (χ3v) is 4.71. The molecule has 0 radical (unpaired) electrons. The van der Waals surface area contributed by atoms with Crippen LogP contribution >= 0.6 is 15.9 Å². The van der Waals surface area contributed by atoms with Gasteiger partial charge in [-0.2, -0.15) is 5.10 Å². The first-order valence-electron chi connectivity index (χ1n) is 8.07. The minimum absolute atomic E-state index is 0.141. The maximum atomic E-state index is 12.5. The van der Waals surface area contributed by atoms with E-state index in [1.807, 2.05) is 49.4 Å². The van der Waals surface area contributed by atoms with Crippen LogP contribution in [0.15, 0.2) is 63.7 Å². The van der Waals surface area contributed by atoms with E-state index in [9.17, 15) is 4.79 Å². The molecule has 0 aliphatic rings. The average Bonchev–Trinajstić information content (AvgIpc) is 3.31. The second-order valence-corrected chi connectivity index (χ2v) is 6.91. The van der Waals surface area contributed by atoms with Crippen molar-refractivity contribution in [3.63, 3.8) is 0 Å². The van der Waals surface area contributed by atoms with E-state index in [-0.39, 0.29) is 17.6 Å². The van der Waals surface area contributed by atoms with Gasteiger partial charge in [0.05, 0.1) is 17.8 Å². The van der Waals surface area contributed by atoms with Crippen molar-refractivity contribution in [2.75, 3.05) is 0 Å². The van der Waals surface area contributed by atoms with Gasteiger partial charge in [-0.1, -0.05) is 33.2 Å². The van der Waals surface area contributed by atoms with Gasteiger partial charge in [0.25, 0.3) is 5.91 Å². The standard InChI is InChI=1S/C19H15BrN4O2/c1-11(12-2-5-15(20)6-3-12)22-19(25)17-9-18(26-24-17)13-4-7-16-14(8-13)10-21-23-16/h2-11H,1H3,(H,21,23)(H,22,25). The second kappa shape index (κ2) is 6.76. The van der Waals surface area contributed by atoms with Crippen molar-refractivity contribution in [1.82, 2.24) is 20.7 Å². The highest BCUT2D eigenvalue weighted by atomic mass is 79.9. The van der Waals surface area contributed by atoms with Gasteiger partial charge in [-0.15, -0.1) is 0 Å². The Kier molecular flexibility index (Phi) is 4.30. The van der Waals surface area contributed by atoms with Crippen LogP contribution in [0, 0.1) is 0 Å². The number of halogens is 1. The van der Waals surface area contributed by atoms with Crippen molar-refractivity contribution in [3.8, 4) is 11.3 Å². The van der Waals surface area contributed by atoms with Gasteiger partial charge >= 0.3 is 0 Å². The van der Waals surface area contributed by atoms with Gasteiger partial charge in [-0.05, 0) is 42.8 Å². The molecular weight excluding hydrogens is 396 g/mol. The number of nitrogens with zero attached hydrogens (tertiary/aromatic N) is 2. The van der Waals surface area contributed by atoms with E-state index in [4.69, 9.17) is 4.52 Å². The van der Waals surface area contributed by atoms with E-state index in [1.165, 1.54) is 0 Å². The van der Waals surface area contributed by atoms with Crippen LogP contribution in [0.3, 0.4) is 0 Å². The summed E-state index contributed by atoms with van der Waals surface area (Å²) in [5.74, 6) is 0.259. The number of hydrogen-bond acceptors (Lipinski definition) is 4. The zero-order valence-corrected chi connectivity index (χ0v) is 15.4. The van der Waals surface area contributed by atoms with Gasteiger partial charge in [-0.3, -0.25) is 9.89 Å². The molecule has 1 atom stereocenters. The number of benzene rings is 2. The van der Waals surface area contributed by atoms with Crippen LogP contribution in [-0.2, 0) is 0 Å². The smallest absolute Gasteiger partial charge is 0.273 e. The average molecular weight is 411 g/mol. The fourth-order valence-corrected chi connectivity index (χ4v) is 2.98. The molecule has 0 aliphatic heterocycles. The zero-order chi connectivity index (χ0) is 18.1. The Bertz CT molecular complexity index is 1070. The molecule has 0 aliphatic carbocycles. The number of aromatic nitrogens is 3. The van der Waals surface area contributed by atoms with E-state index in [2.05, 4.69) is 36.6 Å². The number of carbonyl (C=O) groups excluding carboxylic acids is 1. The quantitative estimate of drug-likeness (QED) is 0.519. The molecule has 0 saturated carbocycles. The molecule has 0 saturated heterocycles. The molecule has 2 heterocycles. The maximum Gasteiger partial charge on any atom is 0.273 e. The number of rotatable bonds is 4. The molecule has 1 unspecified atom stereocenters. The Morgan fingerprint density at radius 3 is 2.81 bits per heavy atom. The Balaban J connectivity index is 1.51. The molecular formula is C19H15BrN4O2. The molecule has 1 amide bonds. The summed E-state index contributed by atoms with van der Waals surface area (Å²) in [6, 6.07) is 15.1. The lowest BCUT2D eigenvalue weighted by Gasteiger charge is -2.13. The van der Waals surface area contributed by atoms with Crippen LogP contribution < -0.4 is 5.32 Å². The number of fused-ring (bicyclic) bond motifs is 1. The molecule has 2 N–H and O–H groups in total. The van der Waals surface area contributed by atoms with Crippen LogP contribution in [0.25, 0.3) is 22.2 Å². The van der Waals surface area contributed by atoms with Crippen LogP contribution in [0.2, 0.25) is 0 Å². The van der Waals surface area contributed by atoms with Crippen LogP contribution in [0.1, 0.15) is 29.0 Å². The normalized spacial score (nSPS) is 12.2. The van der Waals surface area contributed by atoms with E-state index in [1.54, 1.807) is 12.3 Å². The fourth-order valence-electron chi connectivity index (χ4n) is 2.72. The minimum Gasteiger partial charge on any atom is -0.355 e. The summed E-state index contributed by atoms with van der Waals surface area (Å²) in [6.45, 7) is 1.93. The summed E-state index contributed by atoms with van der Waals surface area (Å²) in [5, 5.41) is 14.7. The van der Waals surface area contributed by atoms with Crippen molar-refractivity contribution < 1.29 is 9.32 Å². The highest BCUT2D eigenvalue weighted by Crippen LogP contribution is 2.24. The largest absolute Gasteiger partial charge is 0.355 e. The van der Waals surface area contributed by atoms with E-state index in [0.717, 1.165) is 26.5 Å². The molecule has 0 fully saturated rings. The van der Waals surface area contributed by atoms with Gasteiger partial charge in [0.1, 0.15) is 0 Å². The van der Waals surface area contributed by atoms with E-state index in [0.29, 0.717) is 5.76 Å². The summed E-state index contributed by atoms with van der Waals surface area (Å²) in [4.78, 5) is 12.5. The number of aromatic amines is 1. The highest BCUT2D eigenvalue weighted by Gasteiger charge is 2.17. The van der Waals surface area contributed by atoms with E-state index < -0.39 is 0 Å². The summed E-state index contributed by atoms with van der Waals surface area (Å²) in [6.07, 6.45) is 1.74. The third-order valence-electron chi connectivity index (χ3n) is 4.19.